The molecule has 0 spiro atoms. The van der Waals surface area contributed by atoms with E-state index in [1.807, 2.05) is 51.1 Å². The molecule has 2 atom stereocenters. The van der Waals surface area contributed by atoms with Crippen molar-refractivity contribution < 1.29 is 19.1 Å². The van der Waals surface area contributed by atoms with Gasteiger partial charge in [-0.15, -0.1) is 0 Å². The summed E-state index contributed by atoms with van der Waals surface area (Å²) in [7, 11) is 0. The minimum absolute atomic E-state index is 0.257. The third-order valence-electron chi connectivity index (χ3n) is 4.36. The summed E-state index contributed by atoms with van der Waals surface area (Å²) in [6.45, 7) is 6.84. The Hall–Kier alpha value is -2.24. The first kappa shape index (κ1) is 16.6. The molecular weight excluding hydrogens is 308 g/mol. The summed E-state index contributed by atoms with van der Waals surface area (Å²) in [6, 6.07) is 9.58. The number of benzene rings is 1. The second-order valence-corrected chi connectivity index (χ2v) is 7.60. The van der Waals surface area contributed by atoms with Crippen LogP contribution in [0.15, 0.2) is 30.3 Å². The molecule has 1 aliphatic carbocycles. The summed E-state index contributed by atoms with van der Waals surface area (Å²) in [5.74, 6) is 0.286. The molecule has 0 unspecified atom stereocenters. The Morgan fingerprint density at radius 1 is 1.29 bits per heavy atom. The third kappa shape index (κ3) is 3.80. The number of fused-ring (bicyclic) bond motifs is 1. The van der Waals surface area contributed by atoms with Crippen LogP contribution in [0.4, 0.5) is 9.59 Å². The van der Waals surface area contributed by atoms with Gasteiger partial charge in [0, 0.05) is 19.0 Å². The van der Waals surface area contributed by atoms with Crippen LogP contribution in [0.5, 0.6) is 0 Å². The Bertz CT molecular complexity index is 626. The molecule has 1 heterocycles. The van der Waals surface area contributed by atoms with E-state index < -0.39 is 11.7 Å². The number of amides is 2. The van der Waals surface area contributed by atoms with Gasteiger partial charge < -0.3 is 19.7 Å². The molecular formula is C18H24N2O4. The third-order valence-corrected chi connectivity index (χ3v) is 4.36. The van der Waals surface area contributed by atoms with Crippen molar-refractivity contribution in [3.05, 3.63) is 35.9 Å². The van der Waals surface area contributed by atoms with Crippen molar-refractivity contribution >= 4 is 12.2 Å². The molecule has 1 N–H and O–H groups in total. The number of hydrogen-bond donors (Lipinski definition) is 1. The van der Waals surface area contributed by atoms with Crippen molar-refractivity contribution in [2.75, 3.05) is 13.1 Å². The van der Waals surface area contributed by atoms with Gasteiger partial charge >= 0.3 is 12.2 Å². The van der Waals surface area contributed by atoms with E-state index in [1.165, 1.54) is 0 Å². The van der Waals surface area contributed by atoms with E-state index in [4.69, 9.17) is 9.47 Å². The molecule has 130 valence electrons. The predicted molar refractivity (Wildman–Crippen MR) is 88.4 cm³/mol. The molecule has 24 heavy (non-hydrogen) atoms. The Labute approximate surface area is 142 Å². The largest absolute Gasteiger partial charge is 0.445 e. The monoisotopic (exact) mass is 332 g/mol. The normalized spacial score (nSPS) is 25.0. The lowest BCUT2D eigenvalue weighted by molar-refractivity contribution is 0.0486. The molecule has 0 aromatic heterocycles. The number of nitrogens with zero attached hydrogens (tertiary/aromatic N) is 1. The van der Waals surface area contributed by atoms with Crippen molar-refractivity contribution in [2.24, 2.45) is 5.92 Å². The smallest absolute Gasteiger partial charge is 0.410 e. The Morgan fingerprint density at radius 2 is 2.00 bits per heavy atom. The number of carbonyl (C=O) groups is 2. The zero-order valence-electron chi connectivity index (χ0n) is 14.4. The van der Waals surface area contributed by atoms with Gasteiger partial charge in [-0.25, -0.2) is 9.59 Å². The van der Waals surface area contributed by atoms with E-state index in [9.17, 15) is 9.59 Å². The summed E-state index contributed by atoms with van der Waals surface area (Å²) in [4.78, 5) is 25.8. The molecule has 1 saturated heterocycles. The highest BCUT2D eigenvalue weighted by molar-refractivity contribution is 5.72. The van der Waals surface area contributed by atoms with E-state index >= 15 is 0 Å². The molecule has 2 aliphatic rings. The van der Waals surface area contributed by atoms with Gasteiger partial charge in [-0.2, -0.15) is 0 Å². The van der Waals surface area contributed by atoms with Gasteiger partial charge in [0.2, 0.25) is 0 Å². The van der Waals surface area contributed by atoms with Crippen molar-refractivity contribution in [1.29, 1.82) is 0 Å². The summed E-state index contributed by atoms with van der Waals surface area (Å²) >= 11 is 0. The van der Waals surface area contributed by atoms with Gasteiger partial charge in [-0.1, -0.05) is 30.3 Å². The molecule has 1 saturated carbocycles. The van der Waals surface area contributed by atoms with Crippen LogP contribution in [0.1, 0.15) is 32.8 Å². The van der Waals surface area contributed by atoms with Gasteiger partial charge in [0.05, 0.1) is 5.54 Å². The Morgan fingerprint density at radius 3 is 2.67 bits per heavy atom. The first-order chi connectivity index (χ1) is 11.3. The molecule has 1 aliphatic heterocycles. The fraction of sp³-hybridized carbons (Fsp3) is 0.556. The minimum Gasteiger partial charge on any atom is -0.445 e. The molecule has 0 bridgehead atoms. The van der Waals surface area contributed by atoms with Crippen molar-refractivity contribution in [1.82, 2.24) is 10.2 Å². The molecule has 2 fully saturated rings. The number of likely N-dealkylation sites (tertiary alicyclic amines) is 1. The fourth-order valence-corrected chi connectivity index (χ4v) is 3.13. The second kappa shape index (κ2) is 6.00. The lowest BCUT2D eigenvalue weighted by atomic mass is 10.2. The highest BCUT2D eigenvalue weighted by Crippen LogP contribution is 2.49. The molecule has 1 aromatic carbocycles. The summed E-state index contributed by atoms with van der Waals surface area (Å²) < 4.78 is 10.7. The summed E-state index contributed by atoms with van der Waals surface area (Å²) in [5.41, 5.74) is 0.0864. The fourth-order valence-electron chi connectivity index (χ4n) is 3.13. The standard InChI is InChI=1S/C18H24N2O4/c1-17(2,3)24-15(21)19-18-9-14(18)10-20(12-18)16(22)23-11-13-7-5-4-6-8-13/h4-8,14H,9-12H2,1-3H3,(H,19,21)/t14-,18-/m1/s1. The van der Waals surface area contributed by atoms with Gasteiger partial charge in [-0.3, -0.25) is 0 Å². The van der Waals surface area contributed by atoms with Crippen LogP contribution in [0.2, 0.25) is 0 Å². The van der Waals surface area contributed by atoms with Gasteiger partial charge in [0.15, 0.2) is 0 Å². The molecule has 3 rings (SSSR count). The van der Waals surface area contributed by atoms with Crippen LogP contribution in [0, 0.1) is 5.92 Å². The molecule has 6 nitrogen and oxygen atoms in total. The SMILES string of the molecule is CC(C)(C)OC(=O)N[C@@]12C[C@@H]1CN(C(=O)OCc1ccccc1)C2. The van der Waals surface area contributed by atoms with E-state index in [0.29, 0.717) is 13.1 Å². The Kier molecular flexibility index (Phi) is 4.15. The van der Waals surface area contributed by atoms with Crippen LogP contribution in [-0.4, -0.2) is 41.3 Å². The highest BCUT2D eigenvalue weighted by atomic mass is 16.6. The van der Waals surface area contributed by atoms with Gasteiger partial charge in [-0.05, 0) is 32.8 Å². The van der Waals surface area contributed by atoms with Gasteiger partial charge in [0.25, 0.3) is 0 Å². The van der Waals surface area contributed by atoms with Gasteiger partial charge in [0.1, 0.15) is 12.2 Å². The number of piperidine rings is 1. The second-order valence-electron chi connectivity index (χ2n) is 7.60. The minimum atomic E-state index is -0.530. The van der Waals surface area contributed by atoms with Crippen molar-refractivity contribution in [3.8, 4) is 0 Å². The summed E-state index contributed by atoms with van der Waals surface area (Å²) in [5, 5.41) is 2.93. The molecule has 6 heteroatoms. The van der Waals surface area contributed by atoms with Crippen LogP contribution < -0.4 is 5.32 Å². The maximum absolute atomic E-state index is 12.2. The number of carbonyl (C=O) groups excluding carboxylic acids is 2. The number of hydrogen-bond acceptors (Lipinski definition) is 4. The average molecular weight is 332 g/mol. The lowest BCUT2D eigenvalue weighted by Gasteiger charge is -2.24. The molecule has 0 radical (unpaired) electrons. The zero-order valence-corrected chi connectivity index (χ0v) is 14.4. The first-order valence-electron chi connectivity index (χ1n) is 8.24. The summed E-state index contributed by atoms with van der Waals surface area (Å²) in [6.07, 6.45) is 0.121. The first-order valence-corrected chi connectivity index (χ1v) is 8.24. The van der Waals surface area contributed by atoms with E-state index in [-0.39, 0.29) is 24.2 Å². The number of ether oxygens (including phenoxy) is 2. The Balaban J connectivity index is 1.49. The zero-order chi connectivity index (χ0) is 17.4. The number of nitrogens with one attached hydrogen (secondary N) is 1. The highest BCUT2D eigenvalue weighted by Gasteiger charge is 2.62. The lowest BCUT2D eigenvalue weighted by Crippen LogP contribution is -2.45. The van der Waals surface area contributed by atoms with E-state index in [0.717, 1.165) is 12.0 Å². The average Bonchev–Trinajstić information content (AvgIpc) is 3.03. The van der Waals surface area contributed by atoms with Crippen LogP contribution in [0.25, 0.3) is 0 Å². The van der Waals surface area contributed by atoms with Crippen LogP contribution in [-0.2, 0) is 16.1 Å². The maximum atomic E-state index is 12.2. The molecule has 1 aromatic rings. The number of rotatable bonds is 3. The van der Waals surface area contributed by atoms with Crippen molar-refractivity contribution in [2.45, 2.75) is 44.9 Å². The quantitative estimate of drug-likeness (QED) is 0.924. The number of alkyl carbamates (subject to hydrolysis) is 1. The van der Waals surface area contributed by atoms with E-state index in [2.05, 4.69) is 5.32 Å². The van der Waals surface area contributed by atoms with Crippen molar-refractivity contribution in [3.63, 3.8) is 0 Å². The molecule has 2 amide bonds. The topological polar surface area (TPSA) is 67.9 Å². The maximum Gasteiger partial charge on any atom is 0.410 e. The van der Waals surface area contributed by atoms with Crippen LogP contribution in [0.3, 0.4) is 0 Å². The van der Waals surface area contributed by atoms with Crippen LogP contribution >= 0.6 is 0 Å². The predicted octanol–water partition coefficient (Wildman–Crippen LogP) is 2.92. The van der Waals surface area contributed by atoms with E-state index in [1.54, 1.807) is 4.90 Å².